The second-order valence-electron chi connectivity index (χ2n) is 5.93. The van der Waals surface area contributed by atoms with Crippen molar-refractivity contribution in [1.82, 2.24) is 4.98 Å². The second-order valence-corrected chi connectivity index (χ2v) is 7.34. The zero-order chi connectivity index (χ0) is 18.8. The summed E-state index contributed by atoms with van der Waals surface area (Å²) in [5, 5.41) is 12.3. The van der Waals surface area contributed by atoms with E-state index in [2.05, 4.69) is 0 Å². The Hall–Kier alpha value is -2.96. The van der Waals surface area contributed by atoms with Crippen molar-refractivity contribution >= 4 is 49.7 Å². The van der Waals surface area contributed by atoms with Crippen LogP contribution in [0.25, 0.3) is 10.2 Å². The van der Waals surface area contributed by atoms with E-state index in [9.17, 15) is 10.1 Å². The molecule has 1 aromatic heterocycles. The van der Waals surface area contributed by atoms with Crippen molar-refractivity contribution in [1.29, 1.82) is 0 Å². The Morgan fingerprint density at radius 3 is 2.41 bits per heavy atom. The fourth-order valence-corrected chi connectivity index (χ4v) is 4.02. The summed E-state index contributed by atoms with van der Waals surface area (Å²) in [5.74, 6) is 0. The molecule has 0 aliphatic carbocycles. The lowest BCUT2D eigenvalue weighted by Crippen LogP contribution is -2.16. The minimum Gasteiger partial charge on any atom is -0.312 e. The topological polar surface area (TPSA) is 59.3 Å². The normalized spacial score (nSPS) is 10.9. The van der Waals surface area contributed by atoms with Crippen molar-refractivity contribution in [3.05, 3.63) is 93.5 Å². The number of fused-ring (bicyclic) bond motifs is 1. The van der Waals surface area contributed by atoms with Gasteiger partial charge in [-0.15, -0.1) is 0 Å². The lowest BCUT2D eigenvalue weighted by molar-refractivity contribution is -0.384. The number of nitro benzene ring substituents is 1. The lowest BCUT2D eigenvalue weighted by Gasteiger charge is -2.23. The number of halogens is 1. The molecule has 134 valence electrons. The maximum atomic E-state index is 10.9. The van der Waals surface area contributed by atoms with E-state index in [1.54, 1.807) is 23.5 Å². The molecule has 4 aromatic rings. The summed E-state index contributed by atoms with van der Waals surface area (Å²) in [5.41, 5.74) is 2.78. The largest absolute Gasteiger partial charge is 0.312 e. The SMILES string of the molecule is O=[N+]([O-])c1ccc(CN(c2nc3ccccc3s2)c2ccccc2Cl)cc1. The van der Waals surface area contributed by atoms with Gasteiger partial charge in [-0.3, -0.25) is 10.1 Å². The maximum Gasteiger partial charge on any atom is 0.269 e. The Morgan fingerprint density at radius 1 is 1.00 bits per heavy atom. The Balaban J connectivity index is 1.76. The summed E-state index contributed by atoms with van der Waals surface area (Å²) >= 11 is 8.03. The van der Waals surface area contributed by atoms with Crippen molar-refractivity contribution in [3.8, 4) is 0 Å². The van der Waals surface area contributed by atoms with Gasteiger partial charge in [0.15, 0.2) is 5.13 Å². The van der Waals surface area contributed by atoms with Gasteiger partial charge in [0.25, 0.3) is 5.69 Å². The van der Waals surface area contributed by atoms with Gasteiger partial charge < -0.3 is 4.90 Å². The summed E-state index contributed by atoms with van der Waals surface area (Å²) in [6.45, 7) is 0.502. The number of anilines is 2. The quantitative estimate of drug-likeness (QED) is 0.298. The van der Waals surface area contributed by atoms with Crippen molar-refractivity contribution in [2.45, 2.75) is 6.54 Å². The molecule has 1 heterocycles. The minimum atomic E-state index is -0.400. The minimum absolute atomic E-state index is 0.0723. The highest BCUT2D eigenvalue weighted by molar-refractivity contribution is 7.22. The second kappa shape index (κ2) is 7.34. The molecule has 0 radical (unpaired) electrons. The molecule has 7 heteroatoms. The molecule has 0 spiro atoms. The first-order valence-electron chi connectivity index (χ1n) is 8.23. The molecule has 0 saturated heterocycles. The fraction of sp³-hybridized carbons (Fsp3) is 0.0500. The van der Waals surface area contributed by atoms with Gasteiger partial charge >= 0.3 is 0 Å². The molecule has 0 fully saturated rings. The van der Waals surface area contributed by atoms with Crippen molar-refractivity contribution < 1.29 is 4.92 Å². The van der Waals surface area contributed by atoms with Crippen LogP contribution in [0.3, 0.4) is 0 Å². The summed E-state index contributed by atoms with van der Waals surface area (Å²) in [6.07, 6.45) is 0. The molecule has 0 saturated carbocycles. The molecule has 0 unspecified atom stereocenters. The monoisotopic (exact) mass is 395 g/mol. The highest BCUT2D eigenvalue weighted by atomic mass is 35.5. The molecule has 0 bridgehead atoms. The zero-order valence-electron chi connectivity index (χ0n) is 14.1. The first-order chi connectivity index (χ1) is 13.1. The Labute approximate surface area is 164 Å². The lowest BCUT2D eigenvalue weighted by atomic mass is 10.2. The van der Waals surface area contributed by atoms with Crippen LogP contribution in [0.2, 0.25) is 5.02 Å². The van der Waals surface area contributed by atoms with Crippen LogP contribution in [0.1, 0.15) is 5.56 Å². The molecular weight excluding hydrogens is 382 g/mol. The molecule has 4 rings (SSSR count). The molecule has 3 aromatic carbocycles. The molecule has 0 amide bonds. The van der Waals surface area contributed by atoms with Gasteiger partial charge in [-0.1, -0.05) is 59.3 Å². The average molecular weight is 396 g/mol. The van der Waals surface area contributed by atoms with E-state index in [-0.39, 0.29) is 5.69 Å². The molecule has 0 atom stereocenters. The third-order valence-electron chi connectivity index (χ3n) is 4.14. The smallest absolute Gasteiger partial charge is 0.269 e. The van der Waals surface area contributed by atoms with Gasteiger partial charge in [0.05, 0.1) is 32.4 Å². The number of nitrogens with zero attached hydrogens (tertiary/aromatic N) is 3. The number of thiazole rings is 1. The van der Waals surface area contributed by atoms with Gasteiger partial charge in [-0.05, 0) is 29.8 Å². The van der Waals surface area contributed by atoms with Gasteiger partial charge in [-0.2, -0.15) is 0 Å². The van der Waals surface area contributed by atoms with Crippen LogP contribution in [-0.2, 0) is 6.54 Å². The average Bonchev–Trinajstić information content (AvgIpc) is 3.11. The van der Waals surface area contributed by atoms with E-state index >= 15 is 0 Å². The number of nitro groups is 1. The third-order valence-corrected chi connectivity index (χ3v) is 5.52. The standard InChI is InChI=1S/C20H14ClN3O2S/c21-16-5-1-3-7-18(16)23(13-14-9-11-15(12-10-14)24(25)26)20-22-17-6-2-4-8-19(17)27-20/h1-12H,13H2. The predicted molar refractivity (Wildman–Crippen MR) is 110 cm³/mol. The number of aromatic nitrogens is 1. The predicted octanol–water partition coefficient (Wildman–Crippen LogP) is 6.20. The first kappa shape index (κ1) is 17.5. The first-order valence-corrected chi connectivity index (χ1v) is 9.42. The number of non-ortho nitro benzene ring substituents is 1. The highest BCUT2D eigenvalue weighted by Crippen LogP contribution is 2.37. The summed E-state index contributed by atoms with van der Waals surface area (Å²) < 4.78 is 1.09. The summed E-state index contributed by atoms with van der Waals surface area (Å²) in [6, 6.07) is 22.1. The van der Waals surface area contributed by atoms with E-state index in [1.165, 1.54) is 12.1 Å². The van der Waals surface area contributed by atoms with Gasteiger partial charge in [0.1, 0.15) is 0 Å². The maximum absolute atomic E-state index is 10.9. The van der Waals surface area contributed by atoms with Crippen LogP contribution < -0.4 is 4.90 Å². The van der Waals surface area contributed by atoms with E-state index in [1.807, 2.05) is 53.4 Å². The van der Waals surface area contributed by atoms with Gasteiger partial charge in [0.2, 0.25) is 0 Å². The number of para-hydroxylation sites is 2. The van der Waals surface area contributed by atoms with Crippen LogP contribution in [0.15, 0.2) is 72.8 Å². The molecule has 0 aliphatic rings. The van der Waals surface area contributed by atoms with Crippen LogP contribution in [0.5, 0.6) is 0 Å². The van der Waals surface area contributed by atoms with Crippen LogP contribution in [-0.4, -0.2) is 9.91 Å². The van der Waals surface area contributed by atoms with Gasteiger partial charge in [0, 0.05) is 12.1 Å². The van der Waals surface area contributed by atoms with Crippen molar-refractivity contribution in [3.63, 3.8) is 0 Å². The highest BCUT2D eigenvalue weighted by Gasteiger charge is 2.18. The number of hydrogen-bond acceptors (Lipinski definition) is 5. The Kier molecular flexibility index (Phi) is 4.75. The third kappa shape index (κ3) is 3.63. The summed E-state index contributed by atoms with van der Waals surface area (Å²) in [4.78, 5) is 17.3. The number of benzene rings is 3. The van der Waals surface area contributed by atoms with E-state index in [0.717, 1.165) is 26.6 Å². The van der Waals surface area contributed by atoms with Gasteiger partial charge in [-0.25, -0.2) is 4.98 Å². The van der Waals surface area contributed by atoms with E-state index in [4.69, 9.17) is 16.6 Å². The molecule has 27 heavy (non-hydrogen) atoms. The number of hydrogen-bond donors (Lipinski definition) is 0. The van der Waals surface area contributed by atoms with Crippen molar-refractivity contribution in [2.24, 2.45) is 0 Å². The van der Waals surface area contributed by atoms with Crippen molar-refractivity contribution in [2.75, 3.05) is 4.90 Å². The molecule has 0 N–H and O–H groups in total. The summed E-state index contributed by atoms with van der Waals surface area (Å²) in [7, 11) is 0. The zero-order valence-corrected chi connectivity index (χ0v) is 15.7. The molecule has 0 aliphatic heterocycles. The Bertz CT molecular complexity index is 1080. The van der Waals surface area contributed by atoms with E-state index < -0.39 is 4.92 Å². The van der Waals surface area contributed by atoms with Crippen LogP contribution >= 0.6 is 22.9 Å². The Morgan fingerprint density at radius 2 is 1.70 bits per heavy atom. The fourth-order valence-electron chi connectivity index (χ4n) is 2.81. The van der Waals surface area contributed by atoms with E-state index in [0.29, 0.717) is 11.6 Å². The molecule has 5 nitrogen and oxygen atoms in total. The molecular formula is C20H14ClN3O2S. The number of rotatable bonds is 5. The van der Waals surface area contributed by atoms with Crippen LogP contribution in [0, 0.1) is 10.1 Å². The van der Waals surface area contributed by atoms with Crippen LogP contribution in [0.4, 0.5) is 16.5 Å².